The number of amidine groups is 1. The first-order valence-electron chi connectivity index (χ1n) is 6.66. The minimum absolute atomic E-state index is 0.0751. The summed E-state index contributed by atoms with van der Waals surface area (Å²) >= 11 is 0. The van der Waals surface area contributed by atoms with Gasteiger partial charge in [0, 0.05) is 12.1 Å². The molecule has 1 aromatic rings. The zero-order valence-electron chi connectivity index (χ0n) is 12.1. The van der Waals surface area contributed by atoms with Crippen LogP contribution in [0.15, 0.2) is 23.4 Å². The molecule has 0 saturated carbocycles. The molecule has 1 rings (SSSR count). The molecule has 0 amide bonds. The van der Waals surface area contributed by atoms with E-state index in [1.54, 1.807) is 6.07 Å². The van der Waals surface area contributed by atoms with Crippen molar-refractivity contribution >= 4 is 5.84 Å². The highest BCUT2D eigenvalue weighted by atomic mass is 19.1. The van der Waals surface area contributed by atoms with Crippen molar-refractivity contribution in [2.45, 2.75) is 19.4 Å². The average molecular weight is 282 g/mol. The Hall–Kier alpha value is -1.66. The molecule has 0 spiro atoms. The molecule has 20 heavy (non-hydrogen) atoms. The summed E-state index contributed by atoms with van der Waals surface area (Å²) in [4.78, 5) is 2.15. The molecule has 0 aliphatic heterocycles. The smallest absolute Gasteiger partial charge is 0.170 e. The van der Waals surface area contributed by atoms with E-state index in [0.29, 0.717) is 12.1 Å². The normalized spacial score (nSPS) is 12.1. The Kier molecular flexibility index (Phi) is 6.97. The zero-order valence-corrected chi connectivity index (χ0v) is 12.1. The van der Waals surface area contributed by atoms with Crippen LogP contribution in [0.2, 0.25) is 0 Å². The molecule has 4 N–H and O–H groups in total. The molecule has 0 fully saturated rings. The Morgan fingerprint density at radius 2 is 2.15 bits per heavy atom. The number of oxime groups is 1. The van der Waals surface area contributed by atoms with Gasteiger partial charge in [0.15, 0.2) is 5.84 Å². The second-order valence-corrected chi connectivity index (χ2v) is 4.97. The van der Waals surface area contributed by atoms with E-state index in [1.165, 1.54) is 12.1 Å². The van der Waals surface area contributed by atoms with Crippen LogP contribution in [0, 0.1) is 5.82 Å². The van der Waals surface area contributed by atoms with E-state index in [4.69, 9.17) is 10.9 Å². The van der Waals surface area contributed by atoms with Crippen LogP contribution >= 0.6 is 0 Å². The molecule has 0 bridgehead atoms. The largest absolute Gasteiger partial charge is 0.409 e. The minimum Gasteiger partial charge on any atom is -0.409 e. The molecular formula is C14H23FN4O. The maximum absolute atomic E-state index is 13.2. The molecule has 6 heteroatoms. The first-order valence-corrected chi connectivity index (χ1v) is 6.66. The van der Waals surface area contributed by atoms with Gasteiger partial charge in [-0.1, -0.05) is 11.2 Å². The lowest BCUT2D eigenvalue weighted by atomic mass is 10.1. The molecule has 0 atom stereocenters. The molecule has 0 saturated heterocycles. The van der Waals surface area contributed by atoms with Crippen molar-refractivity contribution in [2.24, 2.45) is 10.9 Å². The Bertz CT molecular complexity index is 449. The topological polar surface area (TPSA) is 73.9 Å². The lowest BCUT2D eigenvalue weighted by Gasteiger charge is -2.11. The van der Waals surface area contributed by atoms with Gasteiger partial charge in [-0.15, -0.1) is 0 Å². The van der Waals surface area contributed by atoms with Crippen molar-refractivity contribution in [1.82, 2.24) is 10.2 Å². The first-order chi connectivity index (χ1) is 9.54. The predicted octanol–water partition coefficient (Wildman–Crippen LogP) is 1.35. The lowest BCUT2D eigenvalue weighted by molar-refractivity contribution is 0.318. The van der Waals surface area contributed by atoms with Crippen LogP contribution in [0.25, 0.3) is 0 Å². The summed E-state index contributed by atoms with van der Waals surface area (Å²) in [6.07, 6.45) is 2.19. The third kappa shape index (κ3) is 5.54. The highest BCUT2D eigenvalue weighted by Gasteiger charge is 2.08. The zero-order chi connectivity index (χ0) is 15.0. The van der Waals surface area contributed by atoms with E-state index >= 15 is 0 Å². The van der Waals surface area contributed by atoms with Crippen molar-refractivity contribution in [1.29, 1.82) is 0 Å². The SMILES string of the molecule is CN(C)CCCCNCc1ccc(F)cc1C(N)=NO. The molecule has 0 unspecified atom stereocenters. The van der Waals surface area contributed by atoms with Gasteiger partial charge >= 0.3 is 0 Å². The van der Waals surface area contributed by atoms with Crippen molar-refractivity contribution in [3.05, 3.63) is 35.1 Å². The van der Waals surface area contributed by atoms with Gasteiger partial charge < -0.3 is 21.2 Å². The third-order valence-corrected chi connectivity index (χ3v) is 2.98. The van der Waals surface area contributed by atoms with Crippen LogP contribution in [0.3, 0.4) is 0 Å². The Labute approximate surface area is 119 Å². The number of rotatable bonds is 8. The van der Waals surface area contributed by atoms with Gasteiger partial charge in [-0.2, -0.15) is 0 Å². The molecule has 0 radical (unpaired) electrons. The van der Waals surface area contributed by atoms with E-state index in [9.17, 15) is 4.39 Å². The van der Waals surface area contributed by atoms with Gasteiger partial charge in [-0.3, -0.25) is 0 Å². The van der Waals surface area contributed by atoms with Crippen molar-refractivity contribution in [3.8, 4) is 0 Å². The molecule has 0 heterocycles. The summed E-state index contributed by atoms with van der Waals surface area (Å²) in [6.45, 7) is 2.50. The van der Waals surface area contributed by atoms with Crippen LogP contribution in [0.1, 0.15) is 24.0 Å². The summed E-state index contributed by atoms with van der Waals surface area (Å²) in [5, 5.41) is 14.9. The number of benzene rings is 1. The van der Waals surface area contributed by atoms with E-state index in [-0.39, 0.29) is 5.84 Å². The Balaban J connectivity index is 2.47. The van der Waals surface area contributed by atoms with Crippen molar-refractivity contribution < 1.29 is 9.60 Å². The summed E-state index contributed by atoms with van der Waals surface area (Å²) in [6, 6.07) is 4.30. The summed E-state index contributed by atoms with van der Waals surface area (Å²) in [5.41, 5.74) is 6.79. The Morgan fingerprint density at radius 3 is 2.80 bits per heavy atom. The quantitative estimate of drug-likeness (QED) is 0.221. The van der Waals surface area contributed by atoms with Crippen LogP contribution in [0.4, 0.5) is 4.39 Å². The minimum atomic E-state index is -0.402. The molecule has 112 valence electrons. The number of hydrogen-bond acceptors (Lipinski definition) is 4. The molecule has 0 aromatic heterocycles. The van der Waals surface area contributed by atoms with Crippen LogP contribution in [0.5, 0.6) is 0 Å². The number of unbranched alkanes of at least 4 members (excludes halogenated alkanes) is 1. The highest BCUT2D eigenvalue weighted by molar-refractivity contribution is 5.98. The summed E-state index contributed by atoms with van der Waals surface area (Å²) in [5.74, 6) is -0.477. The summed E-state index contributed by atoms with van der Waals surface area (Å²) < 4.78 is 13.2. The van der Waals surface area contributed by atoms with E-state index < -0.39 is 5.82 Å². The van der Waals surface area contributed by atoms with Gasteiger partial charge in [0.25, 0.3) is 0 Å². The molecule has 0 aliphatic carbocycles. The number of hydrogen-bond donors (Lipinski definition) is 3. The fourth-order valence-corrected chi connectivity index (χ4v) is 1.90. The van der Waals surface area contributed by atoms with Crippen LogP contribution in [-0.4, -0.2) is 43.1 Å². The summed E-state index contributed by atoms with van der Waals surface area (Å²) in [7, 11) is 4.10. The van der Waals surface area contributed by atoms with Crippen LogP contribution < -0.4 is 11.1 Å². The highest BCUT2D eigenvalue weighted by Crippen LogP contribution is 2.11. The van der Waals surface area contributed by atoms with Crippen molar-refractivity contribution in [2.75, 3.05) is 27.2 Å². The standard InChI is InChI=1S/C14H23FN4O/c1-19(2)8-4-3-7-17-10-11-5-6-12(15)9-13(11)14(16)18-20/h5-6,9,17,20H,3-4,7-8,10H2,1-2H3,(H2,16,18). The number of nitrogens with one attached hydrogen (secondary N) is 1. The lowest BCUT2D eigenvalue weighted by Crippen LogP contribution is -2.21. The molecular weight excluding hydrogens is 259 g/mol. The first kappa shape index (κ1) is 16.4. The van der Waals surface area contributed by atoms with Gasteiger partial charge in [-0.25, -0.2) is 4.39 Å². The van der Waals surface area contributed by atoms with Crippen molar-refractivity contribution in [3.63, 3.8) is 0 Å². The van der Waals surface area contributed by atoms with Gasteiger partial charge in [0.05, 0.1) is 0 Å². The van der Waals surface area contributed by atoms with Gasteiger partial charge in [0.2, 0.25) is 0 Å². The van der Waals surface area contributed by atoms with Gasteiger partial charge in [0.1, 0.15) is 5.82 Å². The number of halogens is 1. The third-order valence-electron chi connectivity index (χ3n) is 2.98. The molecule has 0 aliphatic rings. The second kappa shape index (κ2) is 8.50. The second-order valence-electron chi connectivity index (χ2n) is 4.97. The number of nitrogens with zero attached hydrogens (tertiary/aromatic N) is 2. The van der Waals surface area contributed by atoms with E-state index in [1.807, 2.05) is 0 Å². The fourth-order valence-electron chi connectivity index (χ4n) is 1.90. The maximum atomic E-state index is 13.2. The Morgan fingerprint density at radius 1 is 1.40 bits per heavy atom. The fraction of sp³-hybridized carbons (Fsp3) is 0.500. The van der Waals surface area contributed by atoms with E-state index in [0.717, 1.165) is 31.5 Å². The van der Waals surface area contributed by atoms with Crippen LogP contribution in [-0.2, 0) is 6.54 Å². The molecule has 1 aromatic carbocycles. The average Bonchev–Trinajstić information content (AvgIpc) is 2.42. The number of nitrogens with two attached hydrogens (primary N) is 1. The van der Waals surface area contributed by atoms with Gasteiger partial charge in [-0.05, 0) is 57.7 Å². The predicted molar refractivity (Wildman–Crippen MR) is 78.4 cm³/mol. The monoisotopic (exact) mass is 282 g/mol. The molecule has 5 nitrogen and oxygen atoms in total. The maximum Gasteiger partial charge on any atom is 0.170 e. The van der Waals surface area contributed by atoms with E-state index in [2.05, 4.69) is 29.5 Å².